The minimum Gasteiger partial charge on any atom is -0.627 e. The normalized spacial score (nSPS) is 12.6. The summed E-state index contributed by atoms with van der Waals surface area (Å²) in [6.07, 6.45) is 12.3. The number of hydroxylamine groups is 3. The smallest absolute Gasteiger partial charge is 0.171 e. The lowest BCUT2D eigenvalue weighted by atomic mass is 10.1. The molecule has 0 aromatic rings. The molecule has 0 rings (SSSR count). The number of hydrogen-bond donors (Lipinski definition) is 0. The molecule has 0 aromatic carbocycles. The minimum atomic E-state index is -0.260. The molecule has 0 amide bonds. The zero-order valence-corrected chi connectivity index (χ0v) is 11.9. The Labute approximate surface area is 108 Å². The van der Waals surface area contributed by atoms with E-state index in [1.54, 1.807) is 0 Å². The number of hydrogen-bond acceptors (Lipinski definition) is 1. The van der Waals surface area contributed by atoms with Crippen LogP contribution in [-0.4, -0.2) is 17.7 Å². The van der Waals surface area contributed by atoms with E-state index in [-0.39, 0.29) is 4.65 Å². The van der Waals surface area contributed by atoms with Crippen molar-refractivity contribution in [2.24, 2.45) is 0 Å². The van der Waals surface area contributed by atoms with Crippen LogP contribution in [0.2, 0.25) is 0 Å². The van der Waals surface area contributed by atoms with Gasteiger partial charge >= 0.3 is 0 Å². The molecule has 0 radical (unpaired) electrons. The largest absolute Gasteiger partial charge is 0.627 e. The van der Waals surface area contributed by atoms with Crippen LogP contribution < -0.4 is 0 Å². The molecule has 0 heterocycles. The van der Waals surface area contributed by atoms with E-state index in [9.17, 15) is 5.21 Å². The summed E-state index contributed by atoms with van der Waals surface area (Å²) >= 11 is 3.39. The van der Waals surface area contributed by atoms with E-state index in [1.807, 2.05) is 19.9 Å². The zero-order chi connectivity index (χ0) is 12.4. The molecule has 0 aliphatic heterocycles. The van der Waals surface area contributed by atoms with Crippen molar-refractivity contribution in [2.75, 3.05) is 13.1 Å². The zero-order valence-electron chi connectivity index (χ0n) is 10.3. The second-order valence-corrected chi connectivity index (χ2v) is 4.66. The summed E-state index contributed by atoms with van der Waals surface area (Å²) in [6, 6.07) is 0. The van der Waals surface area contributed by atoms with Crippen LogP contribution in [0.1, 0.15) is 46.0 Å². The summed E-state index contributed by atoms with van der Waals surface area (Å²) in [5.41, 5.74) is 0. The Bertz CT molecular complexity index is 251. The second-order valence-electron chi connectivity index (χ2n) is 3.85. The number of quaternary nitrogens is 1. The minimum absolute atomic E-state index is 0.260. The summed E-state index contributed by atoms with van der Waals surface area (Å²) < 4.78 is 0.499. The van der Waals surface area contributed by atoms with Crippen molar-refractivity contribution < 1.29 is 4.65 Å². The first-order valence-corrected chi connectivity index (χ1v) is 6.77. The molecule has 0 unspecified atom stereocenters. The fourth-order valence-electron chi connectivity index (χ4n) is 1.46. The number of terminal acetylenes is 1. The van der Waals surface area contributed by atoms with Gasteiger partial charge in [-0.1, -0.05) is 6.42 Å². The third-order valence-corrected chi connectivity index (χ3v) is 3.72. The van der Waals surface area contributed by atoms with Crippen LogP contribution in [0.15, 0.2) is 10.7 Å². The number of rotatable bonds is 8. The molecule has 16 heavy (non-hydrogen) atoms. The molecule has 0 spiro atoms. The molecular formula is C13H22BrNO. The maximum atomic E-state index is 12.1. The average Bonchev–Trinajstić information content (AvgIpc) is 2.32. The Morgan fingerprint density at radius 2 is 1.94 bits per heavy atom. The van der Waals surface area contributed by atoms with Crippen molar-refractivity contribution in [3.8, 4) is 12.3 Å². The topological polar surface area (TPSA) is 23.1 Å². The predicted molar refractivity (Wildman–Crippen MR) is 73.6 cm³/mol. The van der Waals surface area contributed by atoms with Gasteiger partial charge < -0.3 is 9.85 Å². The highest BCUT2D eigenvalue weighted by Crippen LogP contribution is 2.22. The van der Waals surface area contributed by atoms with Gasteiger partial charge in [0.2, 0.25) is 0 Å². The van der Waals surface area contributed by atoms with Gasteiger partial charge in [0.25, 0.3) is 0 Å². The second kappa shape index (κ2) is 8.81. The molecule has 0 saturated carbocycles. The summed E-state index contributed by atoms with van der Waals surface area (Å²) in [7, 11) is 0. The molecular weight excluding hydrogens is 266 g/mol. The molecule has 0 atom stereocenters. The van der Waals surface area contributed by atoms with E-state index in [4.69, 9.17) is 6.42 Å². The standard InChI is InChI=1S/C13H22BrNO/c1-4-7-8-9-10-11-12-13(14)15(16,5-2)6-3/h1,12H,5-11H2,2-3H3. The quantitative estimate of drug-likeness (QED) is 0.216. The third-order valence-electron chi connectivity index (χ3n) is 2.75. The molecule has 92 valence electrons. The Balaban J connectivity index is 3.91. The van der Waals surface area contributed by atoms with Crippen LogP contribution in [0.25, 0.3) is 0 Å². The first-order valence-electron chi connectivity index (χ1n) is 5.98. The number of unbranched alkanes of at least 4 members (excludes halogenated alkanes) is 4. The van der Waals surface area contributed by atoms with E-state index >= 15 is 0 Å². The monoisotopic (exact) mass is 287 g/mol. The number of halogens is 1. The molecule has 2 nitrogen and oxygen atoms in total. The maximum absolute atomic E-state index is 12.1. The number of nitrogens with zero attached hydrogens (tertiary/aromatic N) is 1. The van der Waals surface area contributed by atoms with Crippen LogP contribution in [0.3, 0.4) is 0 Å². The van der Waals surface area contributed by atoms with Crippen molar-refractivity contribution in [1.82, 2.24) is 0 Å². The van der Waals surface area contributed by atoms with Crippen molar-refractivity contribution in [3.63, 3.8) is 0 Å². The summed E-state index contributed by atoms with van der Waals surface area (Å²) in [5.74, 6) is 2.63. The van der Waals surface area contributed by atoms with E-state index in [0.717, 1.165) is 36.7 Å². The van der Waals surface area contributed by atoms with E-state index in [0.29, 0.717) is 13.1 Å². The van der Waals surface area contributed by atoms with E-state index in [1.165, 1.54) is 0 Å². The maximum Gasteiger partial charge on any atom is 0.171 e. The van der Waals surface area contributed by atoms with Gasteiger partial charge in [0, 0.05) is 22.4 Å². The van der Waals surface area contributed by atoms with Crippen LogP contribution in [0.4, 0.5) is 0 Å². The van der Waals surface area contributed by atoms with Crippen LogP contribution in [0, 0.1) is 17.6 Å². The van der Waals surface area contributed by atoms with Gasteiger partial charge in [0.15, 0.2) is 4.61 Å². The van der Waals surface area contributed by atoms with Gasteiger partial charge in [0.1, 0.15) is 0 Å². The first kappa shape index (κ1) is 15.7. The third kappa shape index (κ3) is 5.69. The lowest BCUT2D eigenvalue weighted by Gasteiger charge is -2.39. The molecule has 0 aromatic heterocycles. The van der Waals surface area contributed by atoms with Gasteiger partial charge in [-0.25, -0.2) is 0 Å². The van der Waals surface area contributed by atoms with Crippen molar-refractivity contribution in [1.29, 1.82) is 0 Å². The number of allylic oxidation sites excluding steroid dienone is 1. The summed E-state index contributed by atoms with van der Waals surface area (Å²) in [5, 5.41) is 12.1. The lowest BCUT2D eigenvalue weighted by molar-refractivity contribution is -0.829. The molecule has 0 fully saturated rings. The highest BCUT2D eigenvalue weighted by atomic mass is 79.9. The van der Waals surface area contributed by atoms with Gasteiger partial charge in [0.05, 0.1) is 13.1 Å². The van der Waals surface area contributed by atoms with Crippen molar-refractivity contribution >= 4 is 15.9 Å². The van der Waals surface area contributed by atoms with E-state index < -0.39 is 0 Å². The summed E-state index contributed by atoms with van der Waals surface area (Å²) in [6.45, 7) is 4.98. The van der Waals surface area contributed by atoms with Crippen LogP contribution in [0.5, 0.6) is 0 Å². The predicted octanol–water partition coefficient (Wildman–Crippen LogP) is 4.16. The highest BCUT2D eigenvalue weighted by Gasteiger charge is 2.15. The molecule has 0 saturated heterocycles. The highest BCUT2D eigenvalue weighted by molar-refractivity contribution is 9.11. The Morgan fingerprint density at radius 3 is 2.44 bits per heavy atom. The van der Waals surface area contributed by atoms with E-state index in [2.05, 4.69) is 21.9 Å². The first-order chi connectivity index (χ1) is 7.60. The fraction of sp³-hybridized carbons (Fsp3) is 0.692. The SMILES string of the molecule is C#CCCCCCC=C(Br)[N+]([O-])(CC)CC. The Kier molecular flexibility index (Phi) is 8.64. The van der Waals surface area contributed by atoms with Crippen molar-refractivity contribution in [3.05, 3.63) is 15.9 Å². The molecule has 0 aliphatic carbocycles. The lowest BCUT2D eigenvalue weighted by Crippen LogP contribution is -2.38. The molecule has 3 heteroatoms. The Hall–Kier alpha value is -0.300. The van der Waals surface area contributed by atoms with Gasteiger partial charge in [-0.05, 0) is 39.2 Å². The van der Waals surface area contributed by atoms with Gasteiger partial charge in [-0.15, -0.1) is 12.3 Å². The molecule has 0 aliphatic rings. The van der Waals surface area contributed by atoms with Crippen LogP contribution >= 0.6 is 15.9 Å². The average molecular weight is 288 g/mol. The summed E-state index contributed by atoms with van der Waals surface area (Å²) in [4.78, 5) is 0. The fourth-order valence-corrected chi connectivity index (χ4v) is 2.19. The Morgan fingerprint density at radius 1 is 1.31 bits per heavy atom. The molecule has 0 N–H and O–H groups in total. The van der Waals surface area contributed by atoms with Gasteiger partial charge in [-0.3, -0.25) is 0 Å². The van der Waals surface area contributed by atoms with Gasteiger partial charge in [-0.2, -0.15) is 0 Å². The van der Waals surface area contributed by atoms with Crippen LogP contribution in [-0.2, 0) is 0 Å². The molecule has 0 bridgehead atoms. The van der Waals surface area contributed by atoms with Crippen molar-refractivity contribution in [2.45, 2.75) is 46.0 Å².